The van der Waals surface area contributed by atoms with Gasteiger partial charge in [0, 0.05) is 19.7 Å². The summed E-state index contributed by atoms with van der Waals surface area (Å²) >= 11 is 0. The number of sulfonamides is 1. The van der Waals surface area contributed by atoms with Crippen LogP contribution in [0.4, 0.5) is 0 Å². The van der Waals surface area contributed by atoms with Crippen molar-refractivity contribution in [2.75, 3.05) is 26.0 Å². The van der Waals surface area contributed by atoms with Gasteiger partial charge in [0.2, 0.25) is 10.0 Å². The molecule has 0 aromatic heterocycles. The van der Waals surface area contributed by atoms with Crippen molar-refractivity contribution in [2.45, 2.75) is 58.2 Å². The van der Waals surface area contributed by atoms with Gasteiger partial charge in [-0.1, -0.05) is 6.92 Å². The third-order valence-corrected chi connectivity index (χ3v) is 5.66. The first-order valence-corrected chi connectivity index (χ1v) is 9.35. The smallest absolute Gasteiger partial charge is 0.211 e. The van der Waals surface area contributed by atoms with Crippen LogP contribution in [0.15, 0.2) is 0 Å². The molecule has 6 heteroatoms. The molecule has 120 valence electrons. The van der Waals surface area contributed by atoms with Gasteiger partial charge in [0.05, 0.1) is 18.0 Å². The van der Waals surface area contributed by atoms with E-state index in [1.807, 2.05) is 20.8 Å². The molecule has 0 spiro atoms. The van der Waals surface area contributed by atoms with Crippen LogP contribution in [-0.4, -0.2) is 55.5 Å². The maximum Gasteiger partial charge on any atom is 0.211 e. The topological polar surface area (TPSA) is 66.8 Å². The molecule has 1 heterocycles. The molecule has 0 radical (unpaired) electrons. The van der Waals surface area contributed by atoms with Gasteiger partial charge in [-0.05, 0) is 45.4 Å². The average molecular weight is 307 g/mol. The van der Waals surface area contributed by atoms with Crippen LogP contribution in [0, 0.1) is 5.92 Å². The van der Waals surface area contributed by atoms with E-state index in [2.05, 4.69) is 0 Å². The molecule has 1 N–H and O–H groups in total. The molecule has 3 unspecified atom stereocenters. The van der Waals surface area contributed by atoms with Crippen LogP contribution in [0.25, 0.3) is 0 Å². The second kappa shape index (κ2) is 7.20. The van der Waals surface area contributed by atoms with E-state index in [1.54, 1.807) is 0 Å². The molecule has 0 saturated carbocycles. The number of rotatable bonds is 7. The molecule has 0 aliphatic carbocycles. The molecule has 0 bridgehead atoms. The number of aliphatic hydroxyl groups excluding tert-OH is 1. The molecule has 0 amide bonds. The monoisotopic (exact) mass is 307 g/mol. The van der Waals surface area contributed by atoms with Gasteiger partial charge in [-0.3, -0.25) is 0 Å². The van der Waals surface area contributed by atoms with E-state index >= 15 is 0 Å². The number of piperidine rings is 1. The summed E-state index contributed by atoms with van der Waals surface area (Å²) in [5.41, 5.74) is -0.540. The zero-order valence-electron chi connectivity index (χ0n) is 13.1. The van der Waals surface area contributed by atoms with Crippen molar-refractivity contribution in [3.63, 3.8) is 0 Å². The van der Waals surface area contributed by atoms with Gasteiger partial charge in [-0.25, -0.2) is 12.7 Å². The fraction of sp³-hybridized carbons (Fsp3) is 1.00. The molecule has 20 heavy (non-hydrogen) atoms. The van der Waals surface area contributed by atoms with Crippen LogP contribution in [0.2, 0.25) is 0 Å². The molecule has 1 saturated heterocycles. The molecular formula is C14H29NO4S. The number of ether oxygens (including phenoxy) is 1. The SMILES string of the molecule is CCOC(C)(CC)C(O)CC1CCCN(S(C)(=O)=O)C1. The van der Waals surface area contributed by atoms with E-state index < -0.39 is 21.7 Å². The first kappa shape index (κ1) is 17.9. The van der Waals surface area contributed by atoms with E-state index in [9.17, 15) is 13.5 Å². The highest BCUT2D eigenvalue weighted by atomic mass is 32.2. The fourth-order valence-electron chi connectivity index (χ4n) is 2.85. The molecule has 1 fully saturated rings. The Morgan fingerprint density at radius 3 is 2.60 bits per heavy atom. The molecule has 0 aromatic carbocycles. The van der Waals surface area contributed by atoms with E-state index in [1.165, 1.54) is 10.6 Å². The number of nitrogens with zero attached hydrogens (tertiary/aromatic N) is 1. The van der Waals surface area contributed by atoms with Gasteiger partial charge in [0.15, 0.2) is 0 Å². The van der Waals surface area contributed by atoms with Gasteiger partial charge in [0.25, 0.3) is 0 Å². The van der Waals surface area contributed by atoms with Crippen molar-refractivity contribution in [3.05, 3.63) is 0 Å². The van der Waals surface area contributed by atoms with E-state index in [-0.39, 0.29) is 5.92 Å². The van der Waals surface area contributed by atoms with Crippen LogP contribution >= 0.6 is 0 Å². The van der Waals surface area contributed by atoms with Crippen LogP contribution < -0.4 is 0 Å². The second-order valence-corrected chi connectivity index (χ2v) is 7.96. The second-order valence-electron chi connectivity index (χ2n) is 5.98. The maximum atomic E-state index is 11.6. The van der Waals surface area contributed by atoms with E-state index in [0.29, 0.717) is 26.1 Å². The largest absolute Gasteiger partial charge is 0.390 e. The van der Waals surface area contributed by atoms with Crippen LogP contribution in [0.5, 0.6) is 0 Å². The first-order chi connectivity index (χ1) is 9.23. The quantitative estimate of drug-likeness (QED) is 0.776. The highest BCUT2D eigenvalue weighted by molar-refractivity contribution is 7.88. The third-order valence-electron chi connectivity index (χ3n) is 4.39. The highest BCUT2D eigenvalue weighted by Crippen LogP contribution is 2.29. The Morgan fingerprint density at radius 2 is 2.10 bits per heavy atom. The van der Waals surface area contributed by atoms with Gasteiger partial charge in [-0.2, -0.15) is 0 Å². The Kier molecular flexibility index (Phi) is 6.44. The zero-order chi connectivity index (χ0) is 15.4. The van der Waals surface area contributed by atoms with Crippen LogP contribution in [0.1, 0.15) is 46.5 Å². The lowest BCUT2D eigenvalue weighted by Crippen LogP contribution is -2.45. The molecule has 1 aliphatic heterocycles. The fourth-order valence-corrected chi connectivity index (χ4v) is 3.79. The third kappa shape index (κ3) is 4.69. The summed E-state index contributed by atoms with van der Waals surface area (Å²) in [6.45, 7) is 7.54. The highest BCUT2D eigenvalue weighted by Gasteiger charge is 2.35. The molecule has 3 atom stereocenters. The number of hydrogen-bond donors (Lipinski definition) is 1. The van der Waals surface area contributed by atoms with E-state index in [0.717, 1.165) is 19.3 Å². The van der Waals surface area contributed by atoms with Crippen molar-refractivity contribution in [1.82, 2.24) is 4.31 Å². The van der Waals surface area contributed by atoms with Gasteiger partial charge in [0.1, 0.15) is 0 Å². The normalized spacial score (nSPS) is 26.1. The predicted octanol–water partition coefficient (Wildman–Crippen LogP) is 1.61. The number of hydrogen-bond acceptors (Lipinski definition) is 4. The Hall–Kier alpha value is -0.170. The Balaban J connectivity index is 2.63. The van der Waals surface area contributed by atoms with Crippen molar-refractivity contribution in [3.8, 4) is 0 Å². The molecule has 1 aliphatic rings. The van der Waals surface area contributed by atoms with Gasteiger partial charge < -0.3 is 9.84 Å². The van der Waals surface area contributed by atoms with Gasteiger partial charge in [-0.15, -0.1) is 0 Å². The average Bonchev–Trinajstić information content (AvgIpc) is 2.38. The van der Waals surface area contributed by atoms with Crippen molar-refractivity contribution < 1.29 is 18.3 Å². The first-order valence-electron chi connectivity index (χ1n) is 7.50. The summed E-state index contributed by atoms with van der Waals surface area (Å²) in [4.78, 5) is 0. The molecule has 0 aromatic rings. The summed E-state index contributed by atoms with van der Waals surface area (Å²) in [5.74, 6) is 0.208. The van der Waals surface area contributed by atoms with Crippen molar-refractivity contribution in [2.24, 2.45) is 5.92 Å². The van der Waals surface area contributed by atoms with E-state index in [4.69, 9.17) is 4.74 Å². The minimum atomic E-state index is -3.13. The summed E-state index contributed by atoms with van der Waals surface area (Å²) in [7, 11) is -3.13. The Labute approximate surface area is 123 Å². The summed E-state index contributed by atoms with van der Waals surface area (Å²) in [5, 5.41) is 10.4. The van der Waals surface area contributed by atoms with Crippen LogP contribution in [-0.2, 0) is 14.8 Å². The summed E-state index contributed by atoms with van der Waals surface area (Å²) in [6.07, 6.45) is 3.86. The lowest BCUT2D eigenvalue weighted by atomic mass is 9.85. The van der Waals surface area contributed by atoms with Crippen LogP contribution in [0.3, 0.4) is 0 Å². The van der Waals surface area contributed by atoms with Gasteiger partial charge >= 0.3 is 0 Å². The zero-order valence-corrected chi connectivity index (χ0v) is 13.9. The lowest BCUT2D eigenvalue weighted by molar-refractivity contribution is -0.118. The standard InChI is InChI=1S/C14H29NO4S/c1-5-14(3,19-6-2)13(16)10-12-8-7-9-15(11-12)20(4,17)18/h12-13,16H,5-11H2,1-4H3. The molecular weight excluding hydrogens is 278 g/mol. The predicted molar refractivity (Wildman–Crippen MR) is 80.1 cm³/mol. The molecule has 5 nitrogen and oxygen atoms in total. The van der Waals surface area contributed by atoms with Crippen molar-refractivity contribution in [1.29, 1.82) is 0 Å². The van der Waals surface area contributed by atoms with Crippen molar-refractivity contribution >= 4 is 10.0 Å². The minimum Gasteiger partial charge on any atom is -0.390 e. The Morgan fingerprint density at radius 1 is 1.45 bits per heavy atom. The lowest BCUT2D eigenvalue weighted by Gasteiger charge is -2.37. The maximum absolute atomic E-state index is 11.6. The summed E-state index contributed by atoms with van der Waals surface area (Å²) in [6, 6.07) is 0. The number of aliphatic hydroxyl groups is 1. The molecule has 1 rings (SSSR count). The minimum absolute atomic E-state index is 0.208. The summed E-state index contributed by atoms with van der Waals surface area (Å²) < 4.78 is 30.4. The Bertz CT molecular complexity index is 398.